The Balaban J connectivity index is 0.000000175. The van der Waals surface area contributed by atoms with Crippen molar-refractivity contribution < 1.29 is 52.7 Å². The maximum absolute atomic E-state index is 13.1. The molecule has 0 radical (unpaired) electrons. The van der Waals surface area contributed by atoms with E-state index >= 15 is 0 Å². The first-order chi connectivity index (χ1) is 48.7. The van der Waals surface area contributed by atoms with Gasteiger partial charge in [-0.05, 0) is 192 Å². The minimum Gasteiger partial charge on any atom is -0.369 e. The lowest BCUT2D eigenvalue weighted by atomic mass is 10.0. The van der Waals surface area contributed by atoms with Gasteiger partial charge in [0.1, 0.15) is 0 Å². The highest BCUT2D eigenvalue weighted by Crippen LogP contribution is 2.37. The summed E-state index contributed by atoms with van der Waals surface area (Å²) in [4.78, 5) is 26.3. The second kappa shape index (κ2) is 37.6. The molecule has 24 heteroatoms. The Hall–Kier alpha value is -7.58. The number of hydrogen-bond donors (Lipinski definition) is 0. The van der Waals surface area contributed by atoms with Gasteiger partial charge in [0.25, 0.3) is 0 Å². The molecule has 104 heavy (non-hydrogen) atoms. The van der Waals surface area contributed by atoms with Crippen molar-refractivity contribution in [2.24, 2.45) is 0 Å². The van der Waals surface area contributed by atoms with E-state index < -0.39 is 47.0 Å². The van der Waals surface area contributed by atoms with Gasteiger partial charge in [-0.3, -0.25) is 14.7 Å². The fourth-order valence-corrected chi connectivity index (χ4v) is 12.7. The van der Waals surface area contributed by atoms with Gasteiger partial charge in [-0.1, -0.05) is 95.1 Å². The van der Waals surface area contributed by atoms with Crippen LogP contribution in [0.15, 0.2) is 146 Å². The quantitative estimate of drug-likeness (QED) is 0.111. The molecule has 4 aliphatic heterocycles. The zero-order chi connectivity index (χ0) is 76.4. The van der Waals surface area contributed by atoms with Crippen LogP contribution in [-0.2, 0) is 50.9 Å². The molecule has 0 bridgehead atoms. The summed E-state index contributed by atoms with van der Waals surface area (Å²) in [5, 5.41) is 0. The van der Waals surface area contributed by atoms with Crippen molar-refractivity contribution in [3.8, 4) is 5.69 Å². The van der Waals surface area contributed by atoms with E-state index in [0.717, 1.165) is 88.3 Å². The van der Waals surface area contributed by atoms with E-state index in [1.807, 2.05) is 32.1 Å². The van der Waals surface area contributed by atoms with Crippen LogP contribution in [0.1, 0.15) is 102 Å². The van der Waals surface area contributed by atoms with Gasteiger partial charge in [0, 0.05) is 141 Å². The van der Waals surface area contributed by atoms with Gasteiger partial charge in [-0.2, -0.15) is 52.7 Å². The van der Waals surface area contributed by atoms with Crippen LogP contribution in [0.25, 0.3) is 5.69 Å². The Bertz CT molecular complexity index is 3920. The van der Waals surface area contributed by atoms with Crippen LogP contribution >= 0.6 is 0 Å². The largest absolute Gasteiger partial charge is 0.416 e. The number of piperazine rings is 2. The molecule has 0 aliphatic carbocycles. The normalized spacial score (nSPS) is 17.3. The first kappa shape index (κ1) is 83.7. The lowest BCUT2D eigenvalue weighted by Gasteiger charge is -2.34. The lowest BCUT2D eigenvalue weighted by molar-refractivity contribution is -0.139. The number of imidazole rings is 2. The third-order valence-corrected chi connectivity index (χ3v) is 18.9. The number of hydrogen-bond acceptors (Lipinski definition) is 10. The van der Waals surface area contributed by atoms with Crippen molar-refractivity contribution in [1.82, 2.24) is 53.4 Å². The molecule has 6 aromatic carbocycles. The van der Waals surface area contributed by atoms with Gasteiger partial charge in [-0.15, -0.1) is 0 Å². The van der Waals surface area contributed by atoms with E-state index in [1.165, 1.54) is 111 Å². The molecular weight excluding hydrogens is 1360 g/mol. The number of rotatable bonds is 12. The average molecular weight is 1460 g/mol. The Labute approximate surface area is 607 Å². The molecule has 0 amide bonds. The van der Waals surface area contributed by atoms with Crippen molar-refractivity contribution in [2.45, 2.75) is 131 Å². The summed E-state index contributed by atoms with van der Waals surface area (Å²) < 4.78 is 157. The molecule has 0 spiro atoms. The fraction of sp³-hybridized carbons (Fsp3) is 0.475. The Kier molecular flexibility index (Phi) is 30.3. The first-order valence-electron chi connectivity index (χ1n) is 35.2. The lowest BCUT2D eigenvalue weighted by Crippen LogP contribution is -2.44. The number of anilines is 1. The van der Waals surface area contributed by atoms with E-state index in [0.29, 0.717) is 51.8 Å². The number of aromatic nitrogens is 4. The molecule has 2 atom stereocenters. The standard InChI is InChI=1S/C15H21F3N2.C14H22N2.C13H17F3N2.C13H13F3N2.C13H20N2.C12H11F3N2/c1-11-4-5-12(14(8-11)15(16,17)18)9-20-7-6-13(10-20)19(2)3;1-12-4-6-13(7-5-12)10-16-9-8-14(11-16)15(2)3;1-10-7-11(13(14,15)16)9-12(8-10)18-5-3-17(2)4-6-18;1-9-3-4-11(12(5-9)13(14,15)16)7-18-6-10(2)17-8-18;1-12-3-5-13(6-4-12)11-15-9-7-14(2)8-10-15;1-8-3-10(12(13,14)15)5-11(4-8)17-6-9(2)16-7-17/h4-5,8,13H,6-7,9-10H2,1-3H3;4-7,14H,8-11H2,1-3H3;7-9H,3-6H2,1-2H3;3-6,8H,7H2,1-2H3;3-6H,7-11H2,1-2H3;3-7H,1-2H3. The number of benzene rings is 6. The third-order valence-electron chi connectivity index (χ3n) is 18.9. The average Bonchev–Trinajstić information content (AvgIpc) is 1.20. The Morgan fingerprint density at radius 3 is 1.17 bits per heavy atom. The molecule has 8 aromatic rings. The highest BCUT2D eigenvalue weighted by molar-refractivity contribution is 5.52. The highest BCUT2D eigenvalue weighted by Gasteiger charge is 2.37. The second-order valence-corrected chi connectivity index (χ2v) is 28.7. The van der Waals surface area contributed by atoms with Crippen LogP contribution in [-0.4, -0.2) is 186 Å². The molecule has 0 N–H and O–H groups in total. The molecule has 4 fully saturated rings. The monoisotopic (exact) mass is 1460 g/mol. The molecule has 4 aliphatic rings. The summed E-state index contributed by atoms with van der Waals surface area (Å²) in [6, 6.07) is 36.2. The van der Waals surface area contributed by atoms with Crippen molar-refractivity contribution in [3.05, 3.63) is 236 Å². The minimum atomic E-state index is -4.32. The topological polar surface area (TPSA) is 61.6 Å². The Morgan fingerprint density at radius 2 is 0.769 bits per heavy atom. The summed E-state index contributed by atoms with van der Waals surface area (Å²) in [5.41, 5.74) is 9.09. The van der Waals surface area contributed by atoms with Gasteiger partial charge in [-0.25, -0.2) is 9.97 Å². The predicted octanol–water partition coefficient (Wildman–Crippen LogP) is 16.9. The molecule has 2 aromatic heterocycles. The second-order valence-electron chi connectivity index (χ2n) is 28.7. The smallest absolute Gasteiger partial charge is 0.369 e. The molecule has 4 saturated heterocycles. The SMILES string of the molecule is Cc1cc(-n2cnc(C)c2)cc(C(F)(F)F)c1.Cc1cc(N2CCN(C)CC2)cc(C(F)(F)F)c1.Cc1ccc(CN2CCC(N(C)C)C2)c(C(F)(F)F)c1.Cc1ccc(CN2CCC(N(C)C)C2)cc1.Cc1ccc(CN2CCN(C)CC2)cc1.Cc1ccc(Cn2cnc(C)c2)c(C(F)(F)F)c1. The van der Waals surface area contributed by atoms with Gasteiger partial charge in [0.05, 0.1) is 46.3 Å². The van der Waals surface area contributed by atoms with E-state index in [-0.39, 0.29) is 12.1 Å². The van der Waals surface area contributed by atoms with Crippen LogP contribution in [0.2, 0.25) is 0 Å². The fourth-order valence-electron chi connectivity index (χ4n) is 12.7. The number of likely N-dealkylation sites (N-methyl/N-ethyl adjacent to an activating group) is 4. The van der Waals surface area contributed by atoms with Gasteiger partial charge >= 0.3 is 24.7 Å². The maximum atomic E-state index is 13.1. The first-order valence-corrected chi connectivity index (χ1v) is 35.2. The zero-order valence-electron chi connectivity index (χ0n) is 62.6. The number of likely N-dealkylation sites (tertiary alicyclic amines) is 2. The van der Waals surface area contributed by atoms with Crippen LogP contribution in [0, 0.1) is 55.4 Å². The van der Waals surface area contributed by atoms with Gasteiger partial charge in [0.15, 0.2) is 0 Å². The van der Waals surface area contributed by atoms with E-state index in [9.17, 15) is 52.7 Å². The van der Waals surface area contributed by atoms with Crippen LogP contribution in [0.4, 0.5) is 58.4 Å². The number of alkyl halides is 12. The molecule has 568 valence electrons. The molecule has 2 unspecified atom stereocenters. The third kappa shape index (κ3) is 27.1. The molecule has 0 saturated carbocycles. The molecule has 6 heterocycles. The maximum Gasteiger partial charge on any atom is 0.416 e. The van der Waals surface area contributed by atoms with Crippen LogP contribution in [0.3, 0.4) is 0 Å². The van der Waals surface area contributed by atoms with E-state index in [2.05, 4.69) is 128 Å². The predicted molar refractivity (Wildman–Crippen MR) is 392 cm³/mol. The zero-order valence-corrected chi connectivity index (χ0v) is 62.6. The number of halogens is 12. The Morgan fingerprint density at radius 1 is 0.375 bits per heavy atom. The van der Waals surface area contributed by atoms with Gasteiger partial charge in [0.2, 0.25) is 0 Å². The molecular formula is C80H104F12N12. The number of nitrogens with zero attached hydrogens (tertiary/aromatic N) is 12. The summed E-state index contributed by atoms with van der Waals surface area (Å²) in [7, 11) is 12.6. The highest BCUT2D eigenvalue weighted by atomic mass is 19.4. The van der Waals surface area contributed by atoms with E-state index in [4.69, 9.17) is 0 Å². The summed E-state index contributed by atoms with van der Waals surface area (Å²) >= 11 is 0. The van der Waals surface area contributed by atoms with Crippen LogP contribution < -0.4 is 4.90 Å². The van der Waals surface area contributed by atoms with Crippen molar-refractivity contribution in [1.29, 1.82) is 0 Å². The molecule has 12 nitrogen and oxygen atoms in total. The minimum absolute atomic E-state index is 0.177. The van der Waals surface area contributed by atoms with Gasteiger partial charge < -0.3 is 33.6 Å². The van der Waals surface area contributed by atoms with Crippen molar-refractivity contribution in [3.63, 3.8) is 0 Å². The van der Waals surface area contributed by atoms with Crippen molar-refractivity contribution >= 4 is 5.69 Å². The number of aryl methyl sites for hydroxylation is 8. The summed E-state index contributed by atoms with van der Waals surface area (Å²) in [6.45, 7) is 29.6. The van der Waals surface area contributed by atoms with E-state index in [1.54, 1.807) is 87.3 Å². The molecule has 12 rings (SSSR count). The summed E-state index contributed by atoms with van der Waals surface area (Å²) in [5.74, 6) is 0. The summed E-state index contributed by atoms with van der Waals surface area (Å²) in [6.07, 6.45) is -8.42. The van der Waals surface area contributed by atoms with Crippen LogP contribution in [0.5, 0.6) is 0 Å². The van der Waals surface area contributed by atoms with Crippen molar-refractivity contribution in [2.75, 3.05) is 126 Å².